The molecule has 2 nitrogen and oxygen atoms in total. The molecule has 2 heteroatoms. The van der Waals surface area contributed by atoms with Gasteiger partial charge in [0.25, 0.3) is 0 Å². The minimum atomic E-state index is -0.169. The summed E-state index contributed by atoms with van der Waals surface area (Å²) in [7, 11) is 1.75. The average molecular weight is 199 g/mol. The molecule has 0 bridgehead atoms. The molecule has 0 aliphatic carbocycles. The highest BCUT2D eigenvalue weighted by Gasteiger charge is 2.32. The zero-order chi connectivity index (χ0) is 11.2. The third-order valence-electron chi connectivity index (χ3n) is 3.29. The van der Waals surface area contributed by atoms with Gasteiger partial charge in [-0.3, -0.25) is 0 Å². The highest BCUT2D eigenvalue weighted by atomic mass is 16.5. The molecule has 0 saturated heterocycles. The summed E-state index contributed by atoms with van der Waals surface area (Å²) in [6.45, 7) is 10.4. The van der Waals surface area contributed by atoms with E-state index in [1.165, 1.54) is 5.57 Å². The predicted molar refractivity (Wildman–Crippen MR) is 62.3 cm³/mol. The van der Waals surface area contributed by atoms with Gasteiger partial charge in [0.05, 0.1) is 5.60 Å². The van der Waals surface area contributed by atoms with Gasteiger partial charge in [-0.15, -0.1) is 0 Å². The van der Waals surface area contributed by atoms with Crippen LogP contribution in [0.15, 0.2) is 12.2 Å². The first-order valence-electron chi connectivity index (χ1n) is 5.53. The van der Waals surface area contributed by atoms with Gasteiger partial charge in [-0.05, 0) is 25.7 Å². The van der Waals surface area contributed by atoms with Crippen LogP contribution < -0.4 is 5.73 Å². The van der Waals surface area contributed by atoms with Crippen molar-refractivity contribution in [2.24, 2.45) is 5.73 Å². The fourth-order valence-electron chi connectivity index (χ4n) is 1.86. The molecule has 2 N–H and O–H groups in total. The molecular formula is C12H25NO. The Bertz CT molecular complexity index is 165. The van der Waals surface area contributed by atoms with Gasteiger partial charge in [0.15, 0.2) is 0 Å². The van der Waals surface area contributed by atoms with Crippen molar-refractivity contribution in [2.45, 2.75) is 58.1 Å². The van der Waals surface area contributed by atoms with E-state index in [0.717, 1.165) is 25.7 Å². The second kappa shape index (κ2) is 6.20. The lowest BCUT2D eigenvalue weighted by Gasteiger charge is -2.36. The average Bonchev–Trinajstić information content (AvgIpc) is 2.21. The first-order chi connectivity index (χ1) is 6.56. The van der Waals surface area contributed by atoms with Crippen LogP contribution in [0, 0.1) is 0 Å². The second-order valence-corrected chi connectivity index (χ2v) is 3.89. The minimum Gasteiger partial charge on any atom is -0.377 e. The van der Waals surface area contributed by atoms with Gasteiger partial charge in [0.1, 0.15) is 0 Å². The SMILES string of the molecule is C=C(CC)CC(N)C(CC)(CC)OC. The normalized spacial score (nSPS) is 14.1. The van der Waals surface area contributed by atoms with E-state index in [0.29, 0.717) is 0 Å². The maximum atomic E-state index is 6.18. The van der Waals surface area contributed by atoms with Gasteiger partial charge in [-0.25, -0.2) is 0 Å². The quantitative estimate of drug-likeness (QED) is 0.640. The van der Waals surface area contributed by atoms with Crippen molar-refractivity contribution >= 4 is 0 Å². The Morgan fingerprint density at radius 1 is 1.36 bits per heavy atom. The Kier molecular flexibility index (Phi) is 6.05. The summed E-state index contributed by atoms with van der Waals surface area (Å²) in [5.41, 5.74) is 7.22. The van der Waals surface area contributed by atoms with Crippen LogP contribution in [0.2, 0.25) is 0 Å². The molecule has 84 valence electrons. The summed E-state index contributed by atoms with van der Waals surface area (Å²) in [5.74, 6) is 0. The van der Waals surface area contributed by atoms with E-state index in [1.807, 2.05) is 0 Å². The van der Waals surface area contributed by atoms with Crippen molar-refractivity contribution in [1.82, 2.24) is 0 Å². The molecule has 0 aromatic carbocycles. The summed E-state index contributed by atoms with van der Waals surface area (Å²) in [5, 5.41) is 0. The first kappa shape index (κ1) is 13.7. The van der Waals surface area contributed by atoms with Gasteiger partial charge in [0, 0.05) is 13.2 Å². The number of hydrogen-bond acceptors (Lipinski definition) is 2. The Labute approximate surface area is 88.5 Å². The monoisotopic (exact) mass is 199 g/mol. The highest BCUT2D eigenvalue weighted by Crippen LogP contribution is 2.26. The van der Waals surface area contributed by atoms with E-state index in [9.17, 15) is 0 Å². The Morgan fingerprint density at radius 3 is 2.14 bits per heavy atom. The zero-order valence-electron chi connectivity index (χ0n) is 10.1. The lowest BCUT2D eigenvalue weighted by molar-refractivity contribution is -0.0374. The summed E-state index contributed by atoms with van der Waals surface area (Å²) in [4.78, 5) is 0. The smallest absolute Gasteiger partial charge is 0.0826 e. The zero-order valence-corrected chi connectivity index (χ0v) is 10.1. The highest BCUT2D eigenvalue weighted by molar-refractivity contribution is 5.02. The molecule has 1 unspecified atom stereocenters. The van der Waals surface area contributed by atoms with Crippen LogP contribution in [0.1, 0.15) is 46.5 Å². The fraction of sp³-hybridized carbons (Fsp3) is 0.833. The first-order valence-corrected chi connectivity index (χ1v) is 5.53. The Morgan fingerprint density at radius 2 is 1.86 bits per heavy atom. The van der Waals surface area contributed by atoms with Crippen molar-refractivity contribution in [1.29, 1.82) is 0 Å². The number of ether oxygens (including phenoxy) is 1. The van der Waals surface area contributed by atoms with E-state index in [4.69, 9.17) is 10.5 Å². The summed E-state index contributed by atoms with van der Waals surface area (Å²) in [6.07, 6.45) is 3.78. The standard InChI is InChI=1S/C12H25NO/c1-6-10(4)9-11(13)12(7-2,8-3)14-5/h11H,4,6-9,13H2,1-3,5H3. The van der Waals surface area contributed by atoms with Crippen molar-refractivity contribution in [3.63, 3.8) is 0 Å². The van der Waals surface area contributed by atoms with Gasteiger partial charge in [0.2, 0.25) is 0 Å². The molecule has 0 radical (unpaired) electrons. The Balaban J connectivity index is 4.43. The third-order valence-corrected chi connectivity index (χ3v) is 3.29. The van der Waals surface area contributed by atoms with Gasteiger partial charge in [-0.1, -0.05) is 32.9 Å². The number of methoxy groups -OCH3 is 1. The van der Waals surface area contributed by atoms with Crippen LogP contribution in [0.25, 0.3) is 0 Å². The molecule has 14 heavy (non-hydrogen) atoms. The Hall–Kier alpha value is -0.340. The number of rotatable bonds is 7. The van der Waals surface area contributed by atoms with Gasteiger partial charge in [-0.2, -0.15) is 0 Å². The molecule has 0 aromatic heterocycles. The predicted octanol–water partition coefficient (Wildman–Crippen LogP) is 2.88. The van der Waals surface area contributed by atoms with E-state index < -0.39 is 0 Å². The van der Waals surface area contributed by atoms with Gasteiger partial charge >= 0.3 is 0 Å². The topological polar surface area (TPSA) is 35.2 Å². The lowest BCUT2D eigenvalue weighted by atomic mass is 9.85. The molecule has 0 saturated carbocycles. The maximum absolute atomic E-state index is 6.18. The van der Waals surface area contributed by atoms with Crippen LogP contribution >= 0.6 is 0 Å². The van der Waals surface area contributed by atoms with Crippen LogP contribution in [0.4, 0.5) is 0 Å². The summed E-state index contributed by atoms with van der Waals surface area (Å²) < 4.78 is 5.58. The summed E-state index contributed by atoms with van der Waals surface area (Å²) in [6, 6.07) is 0.0648. The number of hydrogen-bond donors (Lipinski definition) is 1. The third kappa shape index (κ3) is 3.10. The minimum absolute atomic E-state index is 0.0648. The molecule has 0 spiro atoms. The maximum Gasteiger partial charge on any atom is 0.0826 e. The molecular weight excluding hydrogens is 174 g/mol. The van der Waals surface area contributed by atoms with Crippen molar-refractivity contribution < 1.29 is 4.74 Å². The molecule has 1 atom stereocenters. The molecule has 0 heterocycles. The van der Waals surface area contributed by atoms with Crippen LogP contribution in [0.5, 0.6) is 0 Å². The number of nitrogens with two attached hydrogens (primary N) is 1. The molecule has 0 aliphatic rings. The summed E-state index contributed by atoms with van der Waals surface area (Å²) >= 11 is 0. The van der Waals surface area contributed by atoms with Gasteiger partial charge < -0.3 is 10.5 Å². The molecule has 0 fully saturated rings. The van der Waals surface area contributed by atoms with Crippen LogP contribution in [-0.4, -0.2) is 18.8 Å². The van der Waals surface area contributed by atoms with Crippen molar-refractivity contribution in [3.8, 4) is 0 Å². The lowest BCUT2D eigenvalue weighted by Crippen LogP contribution is -2.48. The molecule has 0 aliphatic heterocycles. The van der Waals surface area contributed by atoms with Crippen molar-refractivity contribution in [2.75, 3.05) is 7.11 Å². The largest absolute Gasteiger partial charge is 0.377 e. The molecule has 0 rings (SSSR count). The van der Waals surface area contributed by atoms with Crippen LogP contribution in [0.3, 0.4) is 0 Å². The molecule has 0 amide bonds. The van der Waals surface area contributed by atoms with E-state index in [1.54, 1.807) is 7.11 Å². The van der Waals surface area contributed by atoms with E-state index >= 15 is 0 Å². The van der Waals surface area contributed by atoms with E-state index in [-0.39, 0.29) is 11.6 Å². The van der Waals surface area contributed by atoms with E-state index in [2.05, 4.69) is 27.4 Å². The fourth-order valence-corrected chi connectivity index (χ4v) is 1.86. The second-order valence-electron chi connectivity index (χ2n) is 3.89. The van der Waals surface area contributed by atoms with Crippen LogP contribution in [-0.2, 0) is 4.74 Å². The molecule has 0 aromatic rings. The van der Waals surface area contributed by atoms with Crippen molar-refractivity contribution in [3.05, 3.63) is 12.2 Å².